The van der Waals surface area contributed by atoms with Crippen LogP contribution >= 0.6 is 11.3 Å². The van der Waals surface area contributed by atoms with Crippen LogP contribution < -0.4 is 10.8 Å². The maximum Gasteiger partial charge on any atom is 0.284 e. The number of nitrogens with zero attached hydrogens (tertiary/aromatic N) is 4. The molecule has 0 unspecified atom stereocenters. The highest BCUT2D eigenvalue weighted by Gasteiger charge is 2.14. The van der Waals surface area contributed by atoms with Gasteiger partial charge in [0.05, 0.1) is 27.5 Å². The summed E-state index contributed by atoms with van der Waals surface area (Å²) in [5, 5.41) is 12.4. The SMILES string of the molecule is Cc1ncc(-c2ccnc(Nc3ccc(C(=O)NO)s3)n2)n1C(C)C. The summed E-state index contributed by atoms with van der Waals surface area (Å²) in [4.78, 5) is 24.9. The number of rotatable bonds is 5. The zero-order valence-electron chi connectivity index (χ0n) is 14.0. The quantitative estimate of drug-likeness (QED) is 0.478. The number of imidazole rings is 1. The van der Waals surface area contributed by atoms with Crippen LogP contribution in [0, 0.1) is 6.92 Å². The fourth-order valence-corrected chi connectivity index (χ4v) is 3.34. The topological polar surface area (TPSA) is 105 Å². The second-order valence-electron chi connectivity index (χ2n) is 5.65. The van der Waals surface area contributed by atoms with Gasteiger partial charge in [-0.1, -0.05) is 0 Å². The standard InChI is InChI=1S/C16H18N6O2S/c1-9(2)22-10(3)18-8-12(22)11-6-7-17-16(19-11)20-14-5-4-13(25-14)15(23)21-24/h4-9,24H,1-3H3,(H,21,23)(H,17,19,20). The zero-order valence-corrected chi connectivity index (χ0v) is 14.8. The highest BCUT2D eigenvalue weighted by atomic mass is 32.1. The number of anilines is 2. The van der Waals surface area contributed by atoms with E-state index < -0.39 is 5.91 Å². The molecule has 0 atom stereocenters. The van der Waals surface area contributed by atoms with E-state index in [1.165, 1.54) is 11.3 Å². The van der Waals surface area contributed by atoms with Gasteiger partial charge in [0.1, 0.15) is 5.82 Å². The Morgan fingerprint density at radius 2 is 2.08 bits per heavy atom. The summed E-state index contributed by atoms with van der Waals surface area (Å²) >= 11 is 1.19. The second kappa shape index (κ2) is 6.99. The number of thiophene rings is 1. The van der Waals surface area contributed by atoms with Gasteiger partial charge >= 0.3 is 0 Å². The lowest BCUT2D eigenvalue weighted by Crippen LogP contribution is -2.16. The van der Waals surface area contributed by atoms with Gasteiger partial charge < -0.3 is 9.88 Å². The summed E-state index contributed by atoms with van der Waals surface area (Å²) < 4.78 is 2.11. The predicted octanol–water partition coefficient (Wildman–Crippen LogP) is 3.15. The van der Waals surface area contributed by atoms with E-state index in [0.29, 0.717) is 15.8 Å². The maximum atomic E-state index is 11.4. The number of aromatic nitrogens is 4. The summed E-state index contributed by atoms with van der Waals surface area (Å²) in [5.74, 6) is 0.796. The molecule has 130 valence electrons. The molecule has 25 heavy (non-hydrogen) atoms. The third kappa shape index (κ3) is 3.52. The van der Waals surface area contributed by atoms with Gasteiger partial charge in [0, 0.05) is 12.2 Å². The maximum absolute atomic E-state index is 11.4. The van der Waals surface area contributed by atoms with Crippen molar-refractivity contribution in [2.75, 3.05) is 5.32 Å². The van der Waals surface area contributed by atoms with Crippen LogP contribution in [0.4, 0.5) is 10.9 Å². The molecule has 0 radical (unpaired) electrons. The van der Waals surface area contributed by atoms with Crippen molar-refractivity contribution in [2.45, 2.75) is 26.8 Å². The molecule has 3 rings (SSSR count). The molecule has 0 aliphatic carbocycles. The van der Waals surface area contributed by atoms with E-state index >= 15 is 0 Å². The largest absolute Gasteiger partial charge is 0.324 e. The van der Waals surface area contributed by atoms with Crippen LogP contribution in [-0.2, 0) is 0 Å². The monoisotopic (exact) mass is 358 g/mol. The molecule has 0 aromatic carbocycles. The van der Waals surface area contributed by atoms with Crippen LogP contribution in [0.5, 0.6) is 0 Å². The molecular formula is C16H18N6O2S. The fourth-order valence-electron chi connectivity index (χ4n) is 2.55. The van der Waals surface area contributed by atoms with Gasteiger partial charge in [0.25, 0.3) is 5.91 Å². The molecule has 8 nitrogen and oxygen atoms in total. The number of hydroxylamine groups is 1. The first-order valence-electron chi connectivity index (χ1n) is 7.68. The molecule has 0 saturated carbocycles. The molecule has 0 spiro atoms. The third-order valence-corrected chi connectivity index (χ3v) is 4.58. The molecule has 9 heteroatoms. The predicted molar refractivity (Wildman–Crippen MR) is 95.2 cm³/mol. The number of carbonyl (C=O) groups is 1. The van der Waals surface area contributed by atoms with Gasteiger partial charge in [-0.15, -0.1) is 11.3 Å². The number of nitrogens with one attached hydrogen (secondary N) is 2. The molecule has 0 fully saturated rings. The normalized spacial score (nSPS) is 10.9. The van der Waals surface area contributed by atoms with E-state index in [-0.39, 0.29) is 6.04 Å². The molecule has 0 saturated heterocycles. The fraction of sp³-hybridized carbons (Fsp3) is 0.250. The molecule has 0 bridgehead atoms. The van der Waals surface area contributed by atoms with Crippen LogP contribution in [0.15, 0.2) is 30.6 Å². The molecule has 0 aliphatic heterocycles. The highest BCUT2D eigenvalue weighted by Crippen LogP contribution is 2.26. The van der Waals surface area contributed by atoms with E-state index in [4.69, 9.17) is 5.21 Å². The first-order valence-corrected chi connectivity index (χ1v) is 8.49. The van der Waals surface area contributed by atoms with Gasteiger partial charge in [0.2, 0.25) is 5.95 Å². The number of aryl methyl sites for hydroxylation is 1. The lowest BCUT2D eigenvalue weighted by atomic mass is 10.2. The van der Waals surface area contributed by atoms with Gasteiger partial charge in [0.15, 0.2) is 0 Å². The Balaban J connectivity index is 1.87. The lowest BCUT2D eigenvalue weighted by Gasteiger charge is -2.14. The van der Waals surface area contributed by atoms with Crippen molar-refractivity contribution in [1.29, 1.82) is 0 Å². The Morgan fingerprint density at radius 1 is 1.28 bits per heavy atom. The Kier molecular flexibility index (Phi) is 4.77. The van der Waals surface area contributed by atoms with Gasteiger partial charge in [-0.25, -0.2) is 20.4 Å². The third-order valence-electron chi connectivity index (χ3n) is 3.58. The molecule has 3 heterocycles. The van der Waals surface area contributed by atoms with Crippen LogP contribution in [0.1, 0.15) is 35.4 Å². The number of hydrogen-bond acceptors (Lipinski definition) is 7. The first-order chi connectivity index (χ1) is 12.0. The van der Waals surface area contributed by atoms with Crippen molar-refractivity contribution < 1.29 is 10.0 Å². The van der Waals surface area contributed by atoms with Crippen LogP contribution in [0.3, 0.4) is 0 Å². The van der Waals surface area contributed by atoms with E-state index in [1.54, 1.807) is 30.0 Å². The van der Waals surface area contributed by atoms with E-state index in [1.807, 2.05) is 13.0 Å². The van der Waals surface area contributed by atoms with Crippen LogP contribution in [-0.4, -0.2) is 30.6 Å². The number of hydrogen-bond donors (Lipinski definition) is 3. The molecule has 3 aromatic rings. The number of amides is 1. The molecule has 3 aromatic heterocycles. The zero-order chi connectivity index (χ0) is 18.0. The van der Waals surface area contributed by atoms with Crippen LogP contribution in [0.25, 0.3) is 11.4 Å². The summed E-state index contributed by atoms with van der Waals surface area (Å²) in [5.41, 5.74) is 3.29. The minimum atomic E-state index is -0.552. The lowest BCUT2D eigenvalue weighted by molar-refractivity contribution is 0.0711. The van der Waals surface area contributed by atoms with E-state index in [0.717, 1.165) is 17.2 Å². The van der Waals surface area contributed by atoms with Crippen molar-refractivity contribution in [3.8, 4) is 11.4 Å². The average molecular weight is 358 g/mol. The summed E-state index contributed by atoms with van der Waals surface area (Å²) in [6.07, 6.45) is 3.48. The second-order valence-corrected chi connectivity index (χ2v) is 6.73. The van der Waals surface area contributed by atoms with Crippen LogP contribution in [0.2, 0.25) is 0 Å². The van der Waals surface area contributed by atoms with Gasteiger partial charge in [-0.3, -0.25) is 10.0 Å². The smallest absolute Gasteiger partial charge is 0.284 e. The van der Waals surface area contributed by atoms with Gasteiger partial charge in [-0.2, -0.15) is 0 Å². The molecule has 1 amide bonds. The van der Waals surface area contributed by atoms with Crippen molar-refractivity contribution >= 4 is 28.2 Å². The highest BCUT2D eigenvalue weighted by molar-refractivity contribution is 7.18. The van der Waals surface area contributed by atoms with Crippen molar-refractivity contribution in [2.24, 2.45) is 0 Å². The first kappa shape index (κ1) is 17.1. The Bertz CT molecular complexity index is 902. The Hall–Kier alpha value is -2.78. The van der Waals surface area contributed by atoms with Gasteiger partial charge in [-0.05, 0) is 39.0 Å². The van der Waals surface area contributed by atoms with Crippen molar-refractivity contribution in [3.05, 3.63) is 41.3 Å². The molecule has 0 aliphatic rings. The summed E-state index contributed by atoms with van der Waals surface area (Å²) in [7, 11) is 0. The summed E-state index contributed by atoms with van der Waals surface area (Å²) in [6, 6.07) is 5.44. The molecular weight excluding hydrogens is 340 g/mol. The van der Waals surface area contributed by atoms with Crippen molar-refractivity contribution in [3.63, 3.8) is 0 Å². The minimum absolute atomic E-state index is 0.265. The van der Waals surface area contributed by atoms with E-state index in [2.05, 4.69) is 38.7 Å². The Labute approximate surface area is 148 Å². The average Bonchev–Trinajstić information content (AvgIpc) is 3.21. The number of carbonyl (C=O) groups excluding carboxylic acids is 1. The van der Waals surface area contributed by atoms with Crippen molar-refractivity contribution in [1.82, 2.24) is 25.0 Å². The summed E-state index contributed by atoms with van der Waals surface area (Å²) in [6.45, 7) is 6.15. The molecule has 3 N–H and O–H groups in total. The van der Waals surface area contributed by atoms with E-state index in [9.17, 15) is 4.79 Å². The Morgan fingerprint density at radius 3 is 2.80 bits per heavy atom. The minimum Gasteiger partial charge on any atom is -0.324 e.